The Bertz CT molecular complexity index is 854. The highest BCUT2D eigenvalue weighted by Gasteiger charge is 2.18. The average molecular weight is 374 g/mol. The standard InChI is InChI=1S/C18H16ClN3O2S/c1-12(17(23)20-15-9-5-8-14(19)11-15)25-18-22-21-16(24-18)10-13-6-3-2-4-7-13/h2-9,11-12H,10H2,1H3,(H,20,23)/t12-/m1/s1. The van der Waals surface area contributed by atoms with Crippen LogP contribution in [0.2, 0.25) is 5.02 Å². The van der Waals surface area contributed by atoms with Gasteiger partial charge in [-0.2, -0.15) is 0 Å². The minimum atomic E-state index is -0.385. The summed E-state index contributed by atoms with van der Waals surface area (Å²) in [7, 11) is 0. The number of benzene rings is 2. The van der Waals surface area contributed by atoms with Crippen molar-refractivity contribution in [2.45, 2.75) is 23.8 Å². The summed E-state index contributed by atoms with van der Waals surface area (Å²) in [5, 5.41) is 11.4. The van der Waals surface area contributed by atoms with E-state index in [1.165, 1.54) is 11.8 Å². The smallest absolute Gasteiger partial charge is 0.277 e. The van der Waals surface area contributed by atoms with Crippen LogP contribution >= 0.6 is 23.4 Å². The number of rotatable bonds is 6. The highest BCUT2D eigenvalue weighted by atomic mass is 35.5. The maximum atomic E-state index is 12.3. The van der Waals surface area contributed by atoms with Gasteiger partial charge in [-0.05, 0) is 30.7 Å². The van der Waals surface area contributed by atoms with Crippen molar-refractivity contribution in [1.29, 1.82) is 0 Å². The quantitative estimate of drug-likeness (QED) is 0.647. The summed E-state index contributed by atoms with van der Waals surface area (Å²) < 4.78 is 5.62. The van der Waals surface area contributed by atoms with Crippen LogP contribution in [0.15, 0.2) is 64.2 Å². The first-order valence-corrected chi connectivity index (χ1v) is 8.95. The zero-order valence-corrected chi connectivity index (χ0v) is 15.1. The molecule has 7 heteroatoms. The number of carbonyl (C=O) groups is 1. The molecule has 0 spiro atoms. The second-order valence-electron chi connectivity index (χ2n) is 5.38. The lowest BCUT2D eigenvalue weighted by atomic mass is 10.2. The molecule has 0 unspecified atom stereocenters. The van der Waals surface area contributed by atoms with Gasteiger partial charge in [0.05, 0.1) is 11.7 Å². The van der Waals surface area contributed by atoms with E-state index in [1.54, 1.807) is 31.2 Å². The lowest BCUT2D eigenvalue weighted by Crippen LogP contribution is -2.22. The molecule has 0 bridgehead atoms. The minimum Gasteiger partial charge on any atom is -0.416 e. The van der Waals surface area contributed by atoms with Gasteiger partial charge in [0.1, 0.15) is 0 Å². The third kappa shape index (κ3) is 5.08. The molecule has 1 amide bonds. The molecule has 0 aliphatic rings. The van der Waals surface area contributed by atoms with E-state index in [2.05, 4.69) is 15.5 Å². The number of hydrogen-bond acceptors (Lipinski definition) is 5. The largest absolute Gasteiger partial charge is 0.416 e. The zero-order chi connectivity index (χ0) is 17.6. The van der Waals surface area contributed by atoms with Crippen LogP contribution < -0.4 is 5.32 Å². The van der Waals surface area contributed by atoms with Crippen molar-refractivity contribution in [2.75, 3.05) is 5.32 Å². The van der Waals surface area contributed by atoms with Crippen LogP contribution in [0.1, 0.15) is 18.4 Å². The van der Waals surface area contributed by atoms with Gasteiger partial charge in [-0.3, -0.25) is 4.79 Å². The summed E-state index contributed by atoms with van der Waals surface area (Å²) in [6.45, 7) is 1.78. The average Bonchev–Trinajstić information content (AvgIpc) is 3.02. The van der Waals surface area contributed by atoms with Crippen molar-refractivity contribution in [3.63, 3.8) is 0 Å². The Morgan fingerprint density at radius 3 is 2.76 bits per heavy atom. The number of carbonyl (C=O) groups excluding carboxylic acids is 1. The second-order valence-corrected chi connectivity index (χ2v) is 7.11. The highest BCUT2D eigenvalue weighted by Crippen LogP contribution is 2.24. The Kier molecular flexibility index (Phi) is 5.73. The molecule has 25 heavy (non-hydrogen) atoms. The van der Waals surface area contributed by atoms with Gasteiger partial charge >= 0.3 is 0 Å². The van der Waals surface area contributed by atoms with Crippen molar-refractivity contribution in [1.82, 2.24) is 10.2 Å². The molecule has 0 radical (unpaired) electrons. The number of nitrogens with one attached hydrogen (secondary N) is 1. The van der Waals surface area contributed by atoms with E-state index >= 15 is 0 Å². The van der Waals surface area contributed by atoms with Crippen molar-refractivity contribution < 1.29 is 9.21 Å². The maximum absolute atomic E-state index is 12.3. The Labute approximate surface area is 154 Å². The van der Waals surface area contributed by atoms with Gasteiger partial charge < -0.3 is 9.73 Å². The molecule has 1 N–H and O–H groups in total. The van der Waals surface area contributed by atoms with E-state index in [0.717, 1.165) is 5.56 Å². The molecule has 128 valence electrons. The lowest BCUT2D eigenvalue weighted by molar-refractivity contribution is -0.115. The fourth-order valence-corrected chi connectivity index (χ4v) is 3.03. The fourth-order valence-electron chi connectivity index (χ4n) is 2.14. The zero-order valence-electron chi connectivity index (χ0n) is 13.5. The topological polar surface area (TPSA) is 68.0 Å². The molecule has 0 saturated carbocycles. The molecule has 1 heterocycles. The molecular formula is C18H16ClN3O2S. The van der Waals surface area contributed by atoms with Crippen LogP contribution in [-0.4, -0.2) is 21.4 Å². The third-order valence-electron chi connectivity index (χ3n) is 3.39. The summed E-state index contributed by atoms with van der Waals surface area (Å²) >= 11 is 7.14. The number of nitrogens with zero attached hydrogens (tertiary/aromatic N) is 2. The molecule has 0 aliphatic heterocycles. The number of amides is 1. The highest BCUT2D eigenvalue weighted by molar-refractivity contribution is 8.00. The predicted octanol–water partition coefficient (Wildman–Crippen LogP) is 4.43. The van der Waals surface area contributed by atoms with Crippen LogP contribution in [0.5, 0.6) is 0 Å². The van der Waals surface area contributed by atoms with Crippen LogP contribution in [0.25, 0.3) is 0 Å². The van der Waals surface area contributed by atoms with Crippen molar-refractivity contribution in [2.24, 2.45) is 0 Å². The monoisotopic (exact) mass is 373 g/mol. The van der Waals surface area contributed by atoms with E-state index in [0.29, 0.717) is 28.2 Å². The van der Waals surface area contributed by atoms with Gasteiger partial charge in [-0.25, -0.2) is 0 Å². The number of anilines is 1. The Morgan fingerprint density at radius 1 is 1.20 bits per heavy atom. The molecule has 0 saturated heterocycles. The van der Waals surface area contributed by atoms with Gasteiger partial charge in [0.25, 0.3) is 5.22 Å². The van der Waals surface area contributed by atoms with Crippen LogP contribution in [-0.2, 0) is 11.2 Å². The number of halogens is 1. The van der Waals surface area contributed by atoms with Gasteiger partial charge in [0, 0.05) is 10.7 Å². The summed E-state index contributed by atoms with van der Waals surface area (Å²) in [5.74, 6) is 0.367. The maximum Gasteiger partial charge on any atom is 0.277 e. The van der Waals surface area contributed by atoms with Crippen LogP contribution in [0.4, 0.5) is 5.69 Å². The Morgan fingerprint density at radius 2 is 2.00 bits per heavy atom. The van der Waals surface area contributed by atoms with Crippen molar-refractivity contribution in [3.05, 3.63) is 71.1 Å². The first kappa shape index (κ1) is 17.5. The molecule has 1 aromatic heterocycles. The van der Waals surface area contributed by atoms with Crippen LogP contribution in [0.3, 0.4) is 0 Å². The second kappa shape index (κ2) is 8.18. The summed E-state index contributed by atoms with van der Waals surface area (Å²) in [6.07, 6.45) is 0.567. The first-order valence-electron chi connectivity index (χ1n) is 7.69. The van der Waals surface area contributed by atoms with E-state index in [9.17, 15) is 4.79 Å². The summed E-state index contributed by atoms with van der Waals surface area (Å²) in [6, 6.07) is 16.9. The number of aromatic nitrogens is 2. The molecule has 0 fully saturated rings. The molecule has 3 aromatic rings. The summed E-state index contributed by atoms with van der Waals surface area (Å²) in [4.78, 5) is 12.3. The first-order chi connectivity index (χ1) is 12.1. The van der Waals surface area contributed by atoms with E-state index in [1.807, 2.05) is 30.3 Å². The van der Waals surface area contributed by atoms with Gasteiger partial charge in [-0.15, -0.1) is 10.2 Å². The van der Waals surface area contributed by atoms with Crippen LogP contribution in [0, 0.1) is 0 Å². The van der Waals surface area contributed by atoms with Crippen molar-refractivity contribution in [3.8, 4) is 0 Å². The van der Waals surface area contributed by atoms with E-state index < -0.39 is 0 Å². The minimum absolute atomic E-state index is 0.157. The lowest BCUT2D eigenvalue weighted by Gasteiger charge is -2.09. The fraction of sp³-hybridized carbons (Fsp3) is 0.167. The molecular weight excluding hydrogens is 358 g/mol. The number of thioether (sulfide) groups is 1. The normalized spacial score (nSPS) is 11.9. The molecule has 5 nitrogen and oxygen atoms in total. The van der Waals surface area contributed by atoms with Gasteiger partial charge in [0.2, 0.25) is 11.8 Å². The third-order valence-corrected chi connectivity index (χ3v) is 4.55. The predicted molar refractivity (Wildman–Crippen MR) is 98.9 cm³/mol. The van der Waals surface area contributed by atoms with E-state index in [4.69, 9.17) is 16.0 Å². The molecule has 2 aromatic carbocycles. The molecule has 3 rings (SSSR count). The summed E-state index contributed by atoms with van der Waals surface area (Å²) in [5.41, 5.74) is 1.75. The molecule has 1 atom stereocenters. The SMILES string of the molecule is C[C@@H](Sc1nnc(Cc2ccccc2)o1)C(=O)Nc1cccc(Cl)c1. The Balaban J connectivity index is 1.57. The van der Waals surface area contributed by atoms with Crippen molar-refractivity contribution >= 4 is 35.0 Å². The van der Waals surface area contributed by atoms with Gasteiger partial charge in [0.15, 0.2) is 0 Å². The van der Waals surface area contributed by atoms with Gasteiger partial charge in [-0.1, -0.05) is 59.8 Å². The number of hydrogen-bond donors (Lipinski definition) is 1. The van der Waals surface area contributed by atoms with E-state index in [-0.39, 0.29) is 11.2 Å². The Hall–Kier alpha value is -2.31. The molecule has 0 aliphatic carbocycles.